The number of hydrogen-bond donors (Lipinski definition) is 0. The van der Waals surface area contributed by atoms with E-state index in [0.29, 0.717) is 21.6 Å². The van der Waals surface area contributed by atoms with E-state index in [4.69, 9.17) is 23.2 Å². The molecule has 6 rings (SSSR count). The fraction of sp³-hybridized carbons (Fsp3) is 0. The molecule has 4 aromatic heterocycles. The topological polar surface area (TPSA) is 60.4 Å². The van der Waals surface area contributed by atoms with E-state index in [0.717, 1.165) is 26.2 Å². The Balaban J connectivity index is 0.000000139. The molecule has 0 fully saturated rings. The number of aromatic nitrogens is 6. The molecule has 0 radical (unpaired) electrons. The van der Waals surface area contributed by atoms with E-state index in [1.807, 2.05) is 88.1 Å². The summed E-state index contributed by atoms with van der Waals surface area (Å²) in [6, 6.07) is 19.9. The van der Waals surface area contributed by atoms with Gasteiger partial charge in [0.2, 0.25) is 0 Å². The van der Waals surface area contributed by atoms with Gasteiger partial charge < -0.3 is 4.40 Å². The van der Waals surface area contributed by atoms with Crippen molar-refractivity contribution in [3.05, 3.63) is 106 Å². The van der Waals surface area contributed by atoms with Gasteiger partial charge in [0.15, 0.2) is 21.6 Å². The molecule has 0 bridgehead atoms. The molecule has 0 N–H and O–H groups in total. The van der Waals surface area contributed by atoms with E-state index in [1.165, 1.54) is 0 Å². The molecule has 0 saturated heterocycles. The molecule has 0 amide bonds. The standard InChI is InChI=1S/C12H7ClIN3.C12H8ClN3/c13-11-12-15-6-10(14)17(12)7-9(16-11)8-4-2-1-3-5-8;13-11-12-14-6-7-16(12)8-10(15-11)9-4-2-1-3-5-9/h1-7H;1-8H. The van der Waals surface area contributed by atoms with Gasteiger partial charge >= 0.3 is 0 Å². The molecule has 9 heteroatoms. The number of benzene rings is 2. The molecule has 0 aliphatic carbocycles. The van der Waals surface area contributed by atoms with E-state index in [2.05, 4.69) is 42.5 Å². The summed E-state index contributed by atoms with van der Waals surface area (Å²) in [5.41, 5.74) is 5.15. The lowest BCUT2D eigenvalue weighted by Crippen LogP contribution is -1.94. The van der Waals surface area contributed by atoms with Crippen LogP contribution < -0.4 is 0 Å². The van der Waals surface area contributed by atoms with Crippen LogP contribution in [0.3, 0.4) is 0 Å². The number of hydrogen-bond acceptors (Lipinski definition) is 4. The van der Waals surface area contributed by atoms with Gasteiger partial charge in [0.1, 0.15) is 3.70 Å². The van der Waals surface area contributed by atoms with Crippen molar-refractivity contribution in [2.75, 3.05) is 0 Å². The fourth-order valence-electron chi connectivity index (χ4n) is 3.31. The molecule has 0 spiro atoms. The molecule has 162 valence electrons. The fourth-order valence-corrected chi connectivity index (χ4v) is 4.29. The second kappa shape index (κ2) is 9.46. The average Bonchev–Trinajstić information content (AvgIpc) is 3.48. The van der Waals surface area contributed by atoms with Crippen molar-refractivity contribution in [3.8, 4) is 22.5 Å². The van der Waals surface area contributed by atoms with Gasteiger partial charge in [-0.15, -0.1) is 0 Å². The zero-order valence-electron chi connectivity index (χ0n) is 17.0. The Morgan fingerprint density at radius 2 is 1.27 bits per heavy atom. The third kappa shape index (κ3) is 4.57. The molecule has 0 saturated carbocycles. The van der Waals surface area contributed by atoms with Gasteiger partial charge in [-0.3, -0.25) is 4.40 Å². The molecule has 4 heterocycles. The Bertz CT molecular complexity index is 1550. The minimum atomic E-state index is 0.423. The monoisotopic (exact) mass is 584 g/mol. The molecular formula is C24H15Cl2IN6. The van der Waals surface area contributed by atoms with Crippen molar-refractivity contribution in [1.29, 1.82) is 0 Å². The Morgan fingerprint density at radius 3 is 1.91 bits per heavy atom. The van der Waals surface area contributed by atoms with Gasteiger partial charge in [-0.2, -0.15) is 0 Å². The maximum atomic E-state index is 6.13. The third-order valence-corrected chi connectivity index (χ3v) is 6.18. The summed E-state index contributed by atoms with van der Waals surface area (Å²) in [4.78, 5) is 17.0. The lowest BCUT2D eigenvalue weighted by atomic mass is 10.2. The summed E-state index contributed by atoms with van der Waals surface area (Å²) in [7, 11) is 0. The van der Waals surface area contributed by atoms with Crippen LogP contribution in [0.4, 0.5) is 0 Å². The summed E-state index contributed by atoms with van der Waals surface area (Å²) in [5, 5.41) is 0.848. The number of fused-ring (bicyclic) bond motifs is 2. The van der Waals surface area contributed by atoms with Crippen molar-refractivity contribution in [1.82, 2.24) is 28.7 Å². The predicted octanol–water partition coefficient (Wildman–Crippen LogP) is 6.70. The molecule has 6 aromatic rings. The highest BCUT2D eigenvalue weighted by atomic mass is 127. The van der Waals surface area contributed by atoms with Gasteiger partial charge in [0, 0.05) is 35.9 Å². The average molecular weight is 585 g/mol. The van der Waals surface area contributed by atoms with Crippen LogP contribution in [0.1, 0.15) is 0 Å². The predicted molar refractivity (Wildman–Crippen MR) is 140 cm³/mol. The second-order valence-electron chi connectivity index (χ2n) is 7.00. The maximum absolute atomic E-state index is 6.13. The van der Waals surface area contributed by atoms with Crippen LogP contribution >= 0.6 is 45.8 Å². The Kier molecular flexibility index (Phi) is 6.26. The molecule has 2 aromatic carbocycles. The maximum Gasteiger partial charge on any atom is 0.175 e. The highest BCUT2D eigenvalue weighted by Crippen LogP contribution is 2.23. The number of nitrogens with zero attached hydrogens (tertiary/aromatic N) is 6. The van der Waals surface area contributed by atoms with Crippen LogP contribution in [0.15, 0.2) is 91.6 Å². The Hall–Kier alpha value is -3.01. The zero-order valence-corrected chi connectivity index (χ0v) is 20.6. The van der Waals surface area contributed by atoms with E-state index in [9.17, 15) is 0 Å². The van der Waals surface area contributed by atoms with Gasteiger partial charge in [-0.1, -0.05) is 83.9 Å². The minimum Gasteiger partial charge on any atom is -0.302 e. The molecule has 0 aliphatic heterocycles. The molecule has 0 unspecified atom stereocenters. The molecule has 6 nitrogen and oxygen atoms in total. The van der Waals surface area contributed by atoms with Crippen molar-refractivity contribution < 1.29 is 0 Å². The van der Waals surface area contributed by atoms with Crippen molar-refractivity contribution in [2.24, 2.45) is 0 Å². The summed E-state index contributed by atoms with van der Waals surface area (Å²) in [6.45, 7) is 0. The van der Waals surface area contributed by atoms with Crippen LogP contribution in [-0.4, -0.2) is 28.7 Å². The lowest BCUT2D eigenvalue weighted by Gasteiger charge is -2.04. The highest BCUT2D eigenvalue weighted by molar-refractivity contribution is 14.1. The van der Waals surface area contributed by atoms with Crippen LogP contribution in [0, 0.1) is 3.70 Å². The Morgan fingerprint density at radius 1 is 0.697 bits per heavy atom. The third-order valence-electron chi connectivity index (χ3n) is 4.88. The largest absolute Gasteiger partial charge is 0.302 e. The van der Waals surface area contributed by atoms with Gasteiger partial charge in [0.05, 0.1) is 17.6 Å². The van der Waals surface area contributed by atoms with Crippen LogP contribution in [-0.2, 0) is 0 Å². The van der Waals surface area contributed by atoms with Crippen LogP contribution in [0.25, 0.3) is 33.8 Å². The zero-order chi connectivity index (χ0) is 22.8. The summed E-state index contributed by atoms with van der Waals surface area (Å²) < 4.78 is 4.83. The summed E-state index contributed by atoms with van der Waals surface area (Å²) >= 11 is 14.4. The van der Waals surface area contributed by atoms with Gasteiger partial charge in [-0.05, 0) is 22.6 Å². The second-order valence-corrected chi connectivity index (χ2v) is 8.82. The lowest BCUT2D eigenvalue weighted by molar-refractivity contribution is 1.11. The number of rotatable bonds is 2. The summed E-state index contributed by atoms with van der Waals surface area (Å²) in [6.07, 6.45) is 9.21. The first-order valence-corrected chi connectivity index (χ1v) is 11.7. The van der Waals surface area contributed by atoms with Gasteiger partial charge in [-0.25, -0.2) is 19.9 Å². The Labute approximate surface area is 213 Å². The molecular weight excluding hydrogens is 570 g/mol. The number of imidazole rings is 2. The smallest absolute Gasteiger partial charge is 0.175 e. The van der Waals surface area contributed by atoms with E-state index in [-0.39, 0.29) is 0 Å². The molecule has 33 heavy (non-hydrogen) atoms. The van der Waals surface area contributed by atoms with Crippen LogP contribution in [0.2, 0.25) is 10.3 Å². The first-order chi connectivity index (χ1) is 16.1. The summed E-state index contributed by atoms with van der Waals surface area (Å²) in [5.74, 6) is 0. The van der Waals surface area contributed by atoms with Crippen molar-refractivity contribution in [3.63, 3.8) is 0 Å². The first-order valence-electron chi connectivity index (χ1n) is 9.89. The van der Waals surface area contributed by atoms with Crippen molar-refractivity contribution in [2.45, 2.75) is 0 Å². The van der Waals surface area contributed by atoms with E-state index < -0.39 is 0 Å². The highest BCUT2D eigenvalue weighted by Gasteiger charge is 2.09. The van der Waals surface area contributed by atoms with E-state index in [1.54, 1.807) is 12.4 Å². The molecule has 0 atom stereocenters. The van der Waals surface area contributed by atoms with Crippen molar-refractivity contribution >= 4 is 57.1 Å². The van der Waals surface area contributed by atoms with Crippen LogP contribution in [0.5, 0.6) is 0 Å². The van der Waals surface area contributed by atoms with Gasteiger partial charge in [0.25, 0.3) is 0 Å². The normalized spacial score (nSPS) is 10.9. The van der Waals surface area contributed by atoms with E-state index >= 15 is 0 Å². The molecule has 0 aliphatic rings. The minimum absolute atomic E-state index is 0.423. The first kappa shape index (κ1) is 21.8. The number of halogens is 3. The quantitative estimate of drug-likeness (QED) is 0.212. The SMILES string of the molecule is Clc1nc(-c2ccccc2)cn2c(I)cnc12.Clc1nc(-c2ccccc2)cn2ccnc12.